The number of sulfonamides is 1. The van der Waals surface area contributed by atoms with Gasteiger partial charge >= 0.3 is 0 Å². The lowest BCUT2D eigenvalue weighted by Gasteiger charge is -2.37. The number of para-hydroxylation sites is 1. The van der Waals surface area contributed by atoms with Crippen molar-refractivity contribution in [1.29, 1.82) is 0 Å². The van der Waals surface area contributed by atoms with Gasteiger partial charge in [-0.05, 0) is 29.8 Å². The van der Waals surface area contributed by atoms with E-state index in [9.17, 15) is 13.2 Å². The van der Waals surface area contributed by atoms with Crippen molar-refractivity contribution in [2.75, 3.05) is 58.4 Å². The third kappa shape index (κ3) is 5.08. The lowest BCUT2D eigenvalue weighted by molar-refractivity contribution is -0.135. The molecule has 2 heterocycles. The van der Waals surface area contributed by atoms with Crippen molar-refractivity contribution in [3.05, 3.63) is 84.4 Å². The van der Waals surface area contributed by atoms with Crippen molar-refractivity contribution in [1.82, 2.24) is 9.21 Å². The minimum Gasteiger partial charge on any atom is -0.497 e. The van der Waals surface area contributed by atoms with Crippen LogP contribution < -0.4 is 14.4 Å². The summed E-state index contributed by atoms with van der Waals surface area (Å²) in [6.07, 6.45) is 0. The zero-order valence-electron chi connectivity index (χ0n) is 21.7. The van der Waals surface area contributed by atoms with Crippen molar-refractivity contribution < 1.29 is 22.7 Å². The summed E-state index contributed by atoms with van der Waals surface area (Å²) in [5, 5.41) is 0. The Morgan fingerprint density at radius 3 is 2.11 bits per heavy atom. The molecule has 3 aromatic carbocycles. The molecule has 8 nitrogen and oxygen atoms in total. The van der Waals surface area contributed by atoms with E-state index in [4.69, 9.17) is 9.47 Å². The Kier molecular flexibility index (Phi) is 7.58. The van der Waals surface area contributed by atoms with E-state index in [1.807, 2.05) is 53.4 Å². The zero-order chi connectivity index (χ0) is 26.7. The molecule has 0 aromatic heterocycles. The predicted molar refractivity (Wildman–Crippen MR) is 146 cm³/mol. The van der Waals surface area contributed by atoms with Gasteiger partial charge in [-0.1, -0.05) is 48.5 Å². The molecule has 2 fully saturated rings. The van der Waals surface area contributed by atoms with Gasteiger partial charge in [0.1, 0.15) is 16.4 Å². The quantitative estimate of drug-likeness (QED) is 0.461. The van der Waals surface area contributed by atoms with E-state index >= 15 is 0 Å². The number of methoxy groups -OCH3 is 2. The SMILES string of the molecule is COc1ccc(OC)c(S(=O)(=O)N2C[C@@H](C(=O)N3CCN(c4ccccc4)CC3)[C@H](c3ccccc3)C2)c1. The molecular weight excluding hydrogens is 502 g/mol. The number of hydrogen-bond donors (Lipinski definition) is 0. The van der Waals surface area contributed by atoms with Gasteiger partial charge < -0.3 is 19.3 Å². The third-order valence-electron chi connectivity index (χ3n) is 7.53. The van der Waals surface area contributed by atoms with Gasteiger partial charge in [0.2, 0.25) is 15.9 Å². The minimum absolute atomic E-state index is 0.00173. The van der Waals surface area contributed by atoms with E-state index in [0.717, 1.165) is 24.3 Å². The van der Waals surface area contributed by atoms with Crippen LogP contribution in [-0.2, 0) is 14.8 Å². The van der Waals surface area contributed by atoms with Gasteiger partial charge in [-0.3, -0.25) is 4.79 Å². The van der Waals surface area contributed by atoms with Gasteiger partial charge in [-0.25, -0.2) is 8.42 Å². The van der Waals surface area contributed by atoms with Crippen LogP contribution in [0.5, 0.6) is 11.5 Å². The summed E-state index contributed by atoms with van der Waals surface area (Å²) in [5.41, 5.74) is 2.11. The van der Waals surface area contributed by atoms with Crippen LogP contribution >= 0.6 is 0 Å². The second-order valence-electron chi connectivity index (χ2n) is 9.61. The minimum atomic E-state index is -3.95. The smallest absolute Gasteiger partial charge is 0.246 e. The summed E-state index contributed by atoms with van der Waals surface area (Å²) < 4.78 is 39.8. The summed E-state index contributed by atoms with van der Waals surface area (Å²) in [5.74, 6) is -0.0582. The summed E-state index contributed by atoms with van der Waals surface area (Å²) >= 11 is 0. The number of hydrogen-bond acceptors (Lipinski definition) is 6. The van der Waals surface area contributed by atoms with Gasteiger partial charge in [0.05, 0.1) is 20.1 Å². The molecule has 0 spiro atoms. The second kappa shape index (κ2) is 11.0. The highest BCUT2D eigenvalue weighted by Gasteiger charge is 2.45. The van der Waals surface area contributed by atoms with Crippen molar-refractivity contribution >= 4 is 21.6 Å². The number of amides is 1. The van der Waals surface area contributed by atoms with Gasteiger partial charge in [0.15, 0.2) is 0 Å². The number of nitrogens with zero attached hydrogens (tertiary/aromatic N) is 3. The van der Waals surface area contributed by atoms with E-state index in [1.165, 1.54) is 24.6 Å². The largest absolute Gasteiger partial charge is 0.497 e. The fourth-order valence-corrected chi connectivity index (χ4v) is 7.10. The molecule has 9 heteroatoms. The first kappa shape index (κ1) is 26.1. The maximum atomic E-state index is 13.9. The number of carbonyl (C=O) groups excluding carboxylic acids is 1. The molecule has 2 aliphatic heterocycles. The molecule has 38 heavy (non-hydrogen) atoms. The van der Waals surface area contributed by atoms with E-state index in [2.05, 4.69) is 17.0 Å². The summed E-state index contributed by atoms with van der Waals surface area (Å²) in [4.78, 5) is 18.1. The van der Waals surface area contributed by atoms with Crippen LogP contribution in [0.1, 0.15) is 11.5 Å². The van der Waals surface area contributed by atoms with Gasteiger partial charge in [-0.15, -0.1) is 0 Å². The number of benzene rings is 3. The van der Waals surface area contributed by atoms with Crippen LogP contribution in [-0.4, -0.2) is 77.0 Å². The standard InChI is InChI=1S/C29H33N3O5S/c1-36-24-13-14-27(37-2)28(19-24)38(34,35)32-20-25(22-9-5-3-6-10-22)26(21-32)29(33)31-17-15-30(16-18-31)23-11-7-4-8-12-23/h3-14,19,25-26H,15-18,20-21H2,1-2H3/t25-,26+/m0/s1. The van der Waals surface area contributed by atoms with Crippen LogP contribution in [0, 0.1) is 5.92 Å². The molecular formula is C29H33N3O5S. The zero-order valence-corrected chi connectivity index (χ0v) is 22.5. The molecule has 2 atom stereocenters. The molecule has 2 aliphatic rings. The van der Waals surface area contributed by atoms with Crippen molar-refractivity contribution in [2.24, 2.45) is 5.92 Å². The van der Waals surface area contributed by atoms with Gasteiger partial charge in [0.25, 0.3) is 0 Å². The van der Waals surface area contributed by atoms with E-state index in [-0.39, 0.29) is 35.6 Å². The molecule has 0 radical (unpaired) electrons. The monoisotopic (exact) mass is 535 g/mol. The molecule has 0 bridgehead atoms. The molecule has 3 aromatic rings. The van der Waals surface area contributed by atoms with Crippen LogP contribution in [0.15, 0.2) is 83.8 Å². The molecule has 200 valence electrons. The van der Waals surface area contributed by atoms with Crippen molar-refractivity contribution in [3.63, 3.8) is 0 Å². The van der Waals surface area contributed by atoms with Crippen LogP contribution in [0.3, 0.4) is 0 Å². The van der Waals surface area contributed by atoms with E-state index in [0.29, 0.717) is 18.8 Å². The van der Waals surface area contributed by atoms with E-state index in [1.54, 1.807) is 12.1 Å². The van der Waals surface area contributed by atoms with Crippen LogP contribution in [0.2, 0.25) is 0 Å². The molecule has 0 saturated carbocycles. The third-order valence-corrected chi connectivity index (χ3v) is 9.39. The lowest BCUT2D eigenvalue weighted by atomic mass is 9.88. The molecule has 0 unspecified atom stereocenters. The Bertz CT molecular complexity index is 1360. The summed E-state index contributed by atoms with van der Waals surface area (Å²) in [6, 6.07) is 24.6. The van der Waals surface area contributed by atoms with E-state index < -0.39 is 15.9 Å². The number of piperazine rings is 1. The Labute approximate surface area is 224 Å². The van der Waals surface area contributed by atoms with Crippen LogP contribution in [0.4, 0.5) is 5.69 Å². The fraction of sp³-hybridized carbons (Fsp3) is 0.345. The molecule has 1 amide bonds. The fourth-order valence-electron chi connectivity index (χ4n) is 5.44. The summed E-state index contributed by atoms with van der Waals surface area (Å²) in [7, 11) is -1.01. The highest BCUT2D eigenvalue weighted by Crippen LogP contribution is 2.39. The normalized spacial score (nSPS) is 20.4. The number of ether oxygens (including phenoxy) is 2. The van der Waals surface area contributed by atoms with Gasteiger partial charge in [-0.2, -0.15) is 4.31 Å². The second-order valence-corrected chi connectivity index (χ2v) is 11.5. The molecule has 2 saturated heterocycles. The Morgan fingerprint density at radius 2 is 1.47 bits per heavy atom. The average Bonchev–Trinajstić information content (AvgIpc) is 3.44. The maximum Gasteiger partial charge on any atom is 0.246 e. The average molecular weight is 536 g/mol. The highest BCUT2D eigenvalue weighted by molar-refractivity contribution is 7.89. The molecule has 0 aliphatic carbocycles. The van der Waals surface area contributed by atoms with Crippen LogP contribution in [0.25, 0.3) is 0 Å². The Balaban J connectivity index is 1.40. The lowest BCUT2D eigenvalue weighted by Crippen LogP contribution is -2.51. The first-order valence-corrected chi connectivity index (χ1v) is 14.2. The maximum absolute atomic E-state index is 13.9. The number of carbonyl (C=O) groups is 1. The first-order chi connectivity index (χ1) is 18.4. The molecule has 0 N–H and O–H groups in total. The first-order valence-electron chi connectivity index (χ1n) is 12.8. The van der Waals surface area contributed by atoms with Crippen molar-refractivity contribution in [3.8, 4) is 11.5 Å². The Morgan fingerprint density at radius 1 is 0.816 bits per heavy atom. The number of rotatable bonds is 7. The van der Waals surface area contributed by atoms with Gasteiger partial charge in [0, 0.05) is 56.9 Å². The Hall–Kier alpha value is -3.56. The predicted octanol–water partition coefficient (Wildman–Crippen LogP) is 3.46. The van der Waals surface area contributed by atoms with Crippen molar-refractivity contribution in [2.45, 2.75) is 10.8 Å². The summed E-state index contributed by atoms with van der Waals surface area (Å²) in [6.45, 7) is 3.00. The number of anilines is 1. The highest BCUT2D eigenvalue weighted by atomic mass is 32.2. The molecule has 5 rings (SSSR count). The topological polar surface area (TPSA) is 79.4 Å².